The van der Waals surface area contributed by atoms with E-state index in [-0.39, 0.29) is 30.3 Å². The van der Waals surface area contributed by atoms with Crippen molar-refractivity contribution in [3.63, 3.8) is 0 Å². The molecule has 3 rings (SSSR count). The molecule has 1 aliphatic rings. The molecule has 2 heterocycles. The molecular weight excluding hydrogens is 330 g/mol. The summed E-state index contributed by atoms with van der Waals surface area (Å²) in [4.78, 5) is 26.2. The highest BCUT2D eigenvalue weighted by molar-refractivity contribution is 5.95. The lowest BCUT2D eigenvalue weighted by molar-refractivity contribution is 0.0697. The molecule has 2 aromatic rings. The molecular formula is C17H20ClN3O3. The van der Waals surface area contributed by atoms with Crippen molar-refractivity contribution >= 4 is 29.9 Å². The minimum atomic E-state index is -0.107. The molecule has 7 heteroatoms. The fraction of sp³-hybridized carbons (Fsp3) is 0.294. The van der Waals surface area contributed by atoms with Gasteiger partial charge in [-0.2, -0.15) is 0 Å². The number of hydrogen-bond donors (Lipinski definition) is 2. The normalized spacial score (nSPS) is 14.8. The number of nitrogens with two attached hydrogens (primary N) is 1. The van der Waals surface area contributed by atoms with E-state index >= 15 is 0 Å². The summed E-state index contributed by atoms with van der Waals surface area (Å²) >= 11 is 0. The van der Waals surface area contributed by atoms with Crippen molar-refractivity contribution in [3.8, 4) is 0 Å². The number of likely N-dealkylation sites (tertiary alicyclic amines) is 1. The quantitative estimate of drug-likeness (QED) is 0.832. The van der Waals surface area contributed by atoms with Gasteiger partial charge in [0.1, 0.15) is 6.26 Å². The Labute approximate surface area is 146 Å². The van der Waals surface area contributed by atoms with Gasteiger partial charge < -0.3 is 20.4 Å². The van der Waals surface area contributed by atoms with Crippen molar-refractivity contribution < 1.29 is 14.0 Å². The standard InChI is InChI=1S/C17H19N3O3.ClH/c18-14-3-1-12(2-4-14)16(21)19-15-5-8-20(9-6-15)17(22)13-7-10-23-11-13;/h1-4,7,10-11,15H,5-6,8-9,18H2,(H,19,21);1H. The summed E-state index contributed by atoms with van der Waals surface area (Å²) in [6, 6.07) is 8.58. The van der Waals surface area contributed by atoms with E-state index in [0.717, 1.165) is 12.8 Å². The monoisotopic (exact) mass is 349 g/mol. The fourth-order valence-electron chi connectivity index (χ4n) is 2.70. The van der Waals surface area contributed by atoms with Crippen LogP contribution in [0.4, 0.5) is 5.69 Å². The molecule has 0 bridgehead atoms. The van der Waals surface area contributed by atoms with Gasteiger partial charge in [-0.25, -0.2) is 0 Å². The first kappa shape index (κ1) is 17.9. The molecule has 1 saturated heterocycles. The molecule has 1 fully saturated rings. The van der Waals surface area contributed by atoms with Crippen molar-refractivity contribution in [3.05, 3.63) is 54.0 Å². The second-order valence-corrected chi connectivity index (χ2v) is 5.67. The van der Waals surface area contributed by atoms with Crippen LogP contribution in [0.25, 0.3) is 0 Å². The predicted molar refractivity (Wildman–Crippen MR) is 93.2 cm³/mol. The lowest BCUT2D eigenvalue weighted by Gasteiger charge is -2.32. The molecule has 0 radical (unpaired) electrons. The number of nitrogens with one attached hydrogen (secondary N) is 1. The highest BCUT2D eigenvalue weighted by Gasteiger charge is 2.25. The lowest BCUT2D eigenvalue weighted by Crippen LogP contribution is -2.46. The van der Waals surface area contributed by atoms with E-state index in [1.165, 1.54) is 12.5 Å². The van der Waals surface area contributed by atoms with Crippen LogP contribution in [-0.4, -0.2) is 35.8 Å². The SMILES string of the molecule is Cl.Nc1ccc(C(=O)NC2CCN(C(=O)c3ccoc3)CC2)cc1. The average molecular weight is 350 g/mol. The number of rotatable bonds is 3. The number of furan rings is 1. The number of benzene rings is 1. The zero-order chi connectivity index (χ0) is 16.2. The molecule has 24 heavy (non-hydrogen) atoms. The molecule has 2 amide bonds. The molecule has 0 unspecified atom stereocenters. The number of halogens is 1. The Morgan fingerprint density at radius 2 is 1.75 bits per heavy atom. The molecule has 0 saturated carbocycles. The Balaban J connectivity index is 0.00000208. The third-order valence-corrected chi connectivity index (χ3v) is 4.06. The van der Waals surface area contributed by atoms with E-state index in [2.05, 4.69) is 5.32 Å². The van der Waals surface area contributed by atoms with Gasteiger partial charge in [0.05, 0.1) is 11.8 Å². The van der Waals surface area contributed by atoms with Gasteiger partial charge >= 0.3 is 0 Å². The average Bonchev–Trinajstić information content (AvgIpc) is 3.10. The topological polar surface area (TPSA) is 88.6 Å². The maximum Gasteiger partial charge on any atom is 0.257 e. The van der Waals surface area contributed by atoms with E-state index in [0.29, 0.717) is 29.9 Å². The highest BCUT2D eigenvalue weighted by Crippen LogP contribution is 2.15. The number of hydrogen-bond acceptors (Lipinski definition) is 4. The summed E-state index contributed by atoms with van der Waals surface area (Å²) in [5.41, 5.74) is 7.41. The van der Waals surface area contributed by atoms with Gasteiger partial charge in [0.25, 0.3) is 11.8 Å². The van der Waals surface area contributed by atoms with Crippen LogP contribution in [0.2, 0.25) is 0 Å². The number of carbonyl (C=O) groups is 2. The molecule has 0 aliphatic carbocycles. The van der Waals surface area contributed by atoms with Crippen LogP contribution < -0.4 is 11.1 Å². The second kappa shape index (κ2) is 7.88. The third-order valence-electron chi connectivity index (χ3n) is 4.06. The summed E-state index contributed by atoms with van der Waals surface area (Å²) in [6.45, 7) is 1.24. The van der Waals surface area contributed by atoms with Crippen molar-refractivity contribution in [2.24, 2.45) is 0 Å². The largest absolute Gasteiger partial charge is 0.472 e. The minimum Gasteiger partial charge on any atom is -0.472 e. The number of amides is 2. The van der Waals surface area contributed by atoms with E-state index in [1.807, 2.05) is 0 Å². The fourth-order valence-corrected chi connectivity index (χ4v) is 2.70. The zero-order valence-electron chi connectivity index (χ0n) is 13.1. The van der Waals surface area contributed by atoms with Crippen LogP contribution >= 0.6 is 12.4 Å². The maximum atomic E-state index is 12.2. The summed E-state index contributed by atoms with van der Waals surface area (Å²) in [5.74, 6) is -0.133. The Morgan fingerprint density at radius 3 is 2.33 bits per heavy atom. The molecule has 0 spiro atoms. The van der Waals surface area contributed by atoms with Gasteiger partial charge in [0.15, 0.2) is 0 Å². The summed E-state index contributed by atoms with van der Waals surface area (Å²) in [7, 11) is 0. The van der Waals surface area contributed by atoms with Gasteiger partial charge in [-0.05, 0) is 43.2 Å². The smallest absolute Gasteiger partial charge is 0.257 e. The Morgan fingerprint density at radius 1 is 1.08 bits per heavy atom. The van der Waals surface area contributed by atoms with Crippen LogP contribution in [0.3, 0.4) is 0 Å². The maximum absolute atomic E-state index is 12.2. The van der Waals surface area contributed by atoms with E-state index < -0.39 is 0 Å². The number of nitrogen functional groups attached to an aromatic ring is 1. The van der Waals surface area contributed by atoms with Gasteiger partial charge in [-0.3, -0.25) is 9.59 Å². The molecule has 128 valence electrons. The second-order valence-electron chi connectivity index (χ2n) is 5.67. The number of piperidine rings is 1. The number of nitrogens with zero attached hydrogens (tertiary/aromatic N) is 1. The number of anilines is 1. The molecule has 6 nitrogen and oxygen atoms in total. The molecule has 1 aromatic carbocycles. The van der Waals surface area contributed by atoms with Crippen LogP contribution in [-0.2, 0) is 0 Å². The number of carbonyl (C=O) groups excluding carboxylic acids is 2. The molecule has 0 atom stereocenters. The summed E-state index contributed by atoms with van der Waals surface area (Å²) in [6.07, 6.45) is 4.43. The third kappa shape index (κ3) is 4.08. The van der Waals surface area contributed by atoms with Crippen molar-refractivity contribution in [1.29, 1.82) is 0 Å². The first-order valence-corrected chi connectivity index (χ1v) is 7.61. The zero-order valence-corrected chi connectivity index (χ0v) is 13.9. The highest BCUT2D eigenvalue weighted by atomic mass is 35.5. The Kier molecular flexibility index (Phi) is 5.87. The lowest BCUT2D eigenvalue weighted by atomic mass is 10.0. The molecule has 3 N–H and O–H groups in total. The van der Waals surface area contributed by atoms with Gasteiger partial charge in [0.2, 0.25) is 0 Å². The van der Waals surface area contributed by atoms with E-state index in [9.17, 15) is 9.59 Å². The summed E-state index contributed by atoms with van der Waals surface area (Å²) in [5, 5.41) is 3.01. The van der Waals surface area contributed by atoms with Gasteiger partial charge in [-0.15, -0.1) is 12.4 Å². The first-order chi connectivity index (χ1) is 11.1. The van der Waals surface area contributed by atoms with Crippen LogP contribution in [0.1, 0.15) is 33.6 Å². The van der Waals surface area contributed by atoms with Crippen LogP contribution in [0, 0.1) is 0 Å². The predicted octanol–water partition coefficient (Wildman–Crippen LogP) is 2.32. The van der Waals surface area contributed by atoms with E-state index in [4.69, 9.17) is 10.2 Å². The van der Waals surface area contributed by atoms with Crippen molar-refractivity contribution in [2.45, 2.75) is 18.9 Å². The van der Waals surface area contributed by atoms with Crippen molar-refractivity contribution in [2.75, 3.05) is 18.8 Å². The van der Waals surface area contributed by atoms with Crippen LogP contribution in [0.15, 0.2) is 47.3 Å². The van der Waals surface area contributed by atoms with Crippen molar-refractivity contribution in [1.82, 2.24) is 10.2 Å². The van der Waals surface area contributed by atoms with Gasteiger partial charge in [-0.1, -0.05) is 0 Å². The first-order valence-electron chi connectivity index (χ1n) is 7.61. The summed E-state index contributed by atoms with van der Waals surface area (Å²) < 4.78 is 4.94. The van der Waals surface area contributed by atoms with E-state index in [1.54, 1.807) is 35.2 Å². The molecule has 1 aromatic heterocycles. The molecule has 1 aliphatic heterocycles. The van der Waals surface area contributed by atoms with Gasteiger partial charge in [0, 0.05) is 30.4 Å². The minimum absolute atomic E-state index is 0. The Hall–Kier alpha value is -2.47. The Bertz CT molecular complexity index is 678. The van der Waals surface area contributed by atoms with Crippen LogP contribution in [0.5, 0.6) is 0 Å².